The first-order valence-corrected chi connectivity index (χ1v) is 7.55. The van der Waals surface area contributed by atoms with Crippen molar-refractivity contribution in [3.05, 3.63) is 48.0 Å². The molecule has 3 heteroatoms. The first-order chi connectivity index (χ1) is 10.2. The van der Waals surface area contributed by atoms with Crippen LogP contribution in [0, 0.1) is 28.6 Å². The molecule has 1 aromatic carbocycles. The fourth-order valence-corrected chi connectivity index (χ4v) is 3.96. The van der Waals surface area contributed by atoms with Gasteiger partial charge >= 0.3 is 5.97 Å². The number of ether oxygens (including phenoxy) is 1. The lowest BCUT2D eigenvalue weighted by atomic mass is 9.52. The van der Waals surface area contributed by atoms with Gasteiger partial charge in [-0.25, -0.2) is 0 Å². The normalized spacial score (nSPS) is 33.4. The maximum Gasteiger partial charge on any atom is 0.327 e. The summed E-state index contributed by atoms with van der Waals surface area (Å²) < 4.78 is 5.28. The van der Waals surface area contributed by atoms with Crippen molar-refractivity contribution in [1.29, 1.82) is 5.26 Å². The van der Waals surface area contributed by atoms with Gasteiger partial charge in [0.25, 0.3) is 0 Å². The van der Waals surface area contributed by atoms with Crippen molar-refractivity contribution < 1.29 is 9.53 Å². The van der Waals surface area contributed by atoms with Crippen LogP contribution in [0.1, 0.15) is 31.2 Å². The quantitative estimate of drug-likeness (QED) is 0.630. The van der Waals surface area contributed by atoms with Crippen LogP contribution in [0.2, 0.25) is 0 Å². The Morgan fingerprint density at radius 1 is 1.33 bits per heavy atom. The zero-order valence-corrected chi connectivity index (χ0v) is 12.2. The minimum absolute atomic E-state index is 0.0447. The summed E-state index contributed by atoms with van der Waals surface area (Å²) in [5.41, 5.74) is -0.0131. The van der Waals surface area contributed by atoms with Gasteiger partial charge in [0.1, 0.15) is 0 Å². The molecule has 0 amide bonds. The summed E-state index contributed by atoms with van der Waals surface area (Å²) in [6, 6.07) is 12.3. The van der Waals surface area contributed by atoms with E-state index in [0.29, 0.717) is 6.61 Å². The molecule has 1 saturated carbocycles. The van der Waals surface area contributed by atoms with Gasteiger partial charge in [0.15, 0.2) is 5.41 Å². The molecule has 4 unspecified atom stereocenters. The second-order valence-electron chi connectivity index (χ2n) is 5.82. The zero-order valence-electron chi connectivity index (χ0n) is 12.2. The van der Waals surface area contributed by atoms with Crippen LogP contribution in [-0.2, 0) is 9.53 Å². The van der Waals surface area contributed by atoms with Crippen LogP contribution in [0.4, 0.5) is 0 Å². The summed E-state index contributed by atoms with van der Waals surface area (Å²) in [7, 11) is 0. The standard InChI is InChI=1S/C18H19NO2/c1-2-21-17(20)18(12-19)15-10-8-14(9-11-15)16(18)13-6-4-3-5-7-13/h3-8,10,14-16H,2,9,11H2,1H3. The number of allylic oxidation sites excluding steroid dienone is 2. The zero-order chi connectivity index (χ0) is 14.9. The maximum atomic E-state index is 12.6. The molecule has 0 heterocycles. The Morgan fingerprint density at radius 2 is 2.10 bits per heavy atom. The van der Waals surface area contributed by atoms with Crippen LogP contribution in [0.25, 0.3) is 0 Å². The highest BCUT2D eigenvalue weighted by molar-refractivity contribution is 5.83. The van der Waals surface area contributed by atoms with E-state index < -0.39 is 5.41 Å². The third kappa shape index (κ3) is 1.98. The van der Waals surface area contributed by atoms with E-state index >= 15 is 0 Å². The van der Waals surface area contributed by atoms with E-state index in [4.69, 9.17) is 4.74 Å². The average molecular weight is 281 g/mol. The lowest BCUT2D eigenvalue weighted by Crippen LogP contribution is -2.50. The van der Waals surface area contributed by atoms with Crippen LogP contribution in [0.3, 0.4) is 0 Å². The van der Waals surface area contributed by atoms with Crippen LogP contribution in [0.15, 0.2) is 42.5 Å². The third-order valence-electron chi connectivity index (χ3n) is 4.86. The number of esters is 1. The van der Waals surface area contributed by atoms with Gasteiger partial charge < -0.3 is 4.74 Å². The molecule has 2 bridgehead atoms. The van der Waals surface area contributed by atoms with Crippen LogP contribution < -0.4 is 0 Å². The molecule has 3 aliphatic carbocycles. The number of carbonyl (C=O) groups is 1. The van der Waals surface area contributed by atoms with Gasteiger partial charge in [0, 0.05) is 11.8 Å². The van der Waals surface area contributed by atoms with Crippen LogP contribution in [0.5, 0.6) is 0 Å². The maximum absolute atomic E-state index is 12.6. The van der Waals surface area contributed by atoms with E-state index in [0.717, 1.165) is 18.4 Å². The second-order valence-corrected chi connectivity index (χ2v) is 5.82. The van der Waals surface area contributed by atoms with E-state index in [2.05, 4.69) is 12.1 Å². The minimum Gasteiger partial charge on any atom is -0.465 e. The molecule has 21 heavy (non-hydrogen) atoms. The van der Waals surface area contributed by atoms with Crippen molar-refractivity contribution in [2.24, 2.45) is 17.3 Å². The Morgan fingerprint density at radius 3 is 2.67 bits per heavy atom. The predicted molar refractivity (Wildman–Crippen MR) is 79.2 cm³/mol. The molecule has 3 nitrogen and oxygen atoms in total. The highest BCUT2D eigenvalue weighted by Crippen LogP contribution is 2.57. The molecular weight excluding hydrogens is 262 g/mol. The summed E-state index contributed by atoms with van der Waals surface area (Å²) >= 11 is 0. The molecule has 0 radical (unpaired) electrons. The number of benzene rings is 1. The Bertz CT molecular complexity index is 601. The van der Waals surface area contributed by atoms with E-state index in [1.807, 2.05) is 36.4 Å². The molecule has 0 saturated heterocycles. The number of fused-ring (bicyclic) bond motifs is 2. The highest BCUT2D eigenvalue weighted by atomic mass is 16.5. The van der Waals surface area contributed by atoms with Crippen molar-refractivity contribution in [3.8, 4) is 6.07 Å². The Hall–Kier alpha value is -2.08. The van der Waals surface area contributed by atoms with E-state index in [1.165, 1.54) is 0 Å². The smallest absolute Gasteiger partial charge is 0.327 e. The molecule has 0 aromatic heterocycles. The Kier molecular flexibility index (Phi) is 3.55. The average Bonchev–Trinajstić information content (AvgIpc) is 2.55. The molecule has 108 valence electrons. The molecule has 0 N–H and O–H groups in total. The Labute approximate surface area is 125 Å². The first-order valence-electron chi connectivity index (χ1n) is 7.55. The number of nitriles is 1. The van der Waals surface area contributed by atoms with E-state index in [-0.39, 0.29) is 23.7 Å². The monoisotopic (exact) mass is 281 g/mol. The van der Waals surface area contributed by atoms with Crippen LogP contribution in [-0.4, -0.2) is 12.6 Å². The molecule has 4 atom stereocenters. The summed E-state index contributed by atoms with van der Waals surface area (Å²) in [5.74, 6) is -0.273. The predicted octanol–water partition coefficient (Wildman–Crippen LogP) is 3.44. The number of carbonyl (C=O) groups excluding carboxylic acids is 1. The second kappa shape index (κ2) is 5.37. The number of hydrogen-bond acceptors (Lipinski definition) is 3. The number of rotatable bonds is 3. The van der Waals surface area contributed by atoms with Crippen molar-refractivity contribution in [3.63, 3.8) is 0 Å². The fraction of sp³-hybridized carbons (Fsp3) is 0.444. The molecular formula is C18H19NO2. The van der Waals surface area contributed by atoms with Gasteiger partial charge in [-0.3, -0.25) is 4.79 Å². The SMILES string of the molecule is CCOC(=O)C1(C#N)C2C=CC(CC2)C1c1ccccc1. The lowest BCUT2D eigenvalue weighted by Gasteiger charge is -2.48. The molecule has 0 spiro atoms. The molecule has 1 aromatic rings. The van der Waals surface area contributed by atoms with Gasteiger partial charge in [-0.15, -0.1) is 0 Å². The molecule has 1 fully saturated rings. The largest absolute Gasteiger partial charge is 0.465 e. The van der Waals surface area contributed by atoms with Crippen molar-refractivity contribution >= 4 is 5.97 Å². The molecule has 3 aliphatic rings. The molecule has 4 rings (SSSR count). The summed E-state index contributed by atoms with van der Waals surface area (Å²) in [4.78, 5) is 12.6. The van der Waals surface area contributed by atoms with Gasteiger partial charge in [0.2, 0.25) is 0 Å². The summed E-state index contributed by atoms with van der Waals surface area (Å²) in [5, 5.41) is 9.91. The number of hydrogen-bond donors (Lipinski definition) is 0. The number of nitrogens with zero attached hydrogens (tertiary/aromatic N) is 1. The first kappa shape index (κ1) is 13.9. The van der Waals surface area contributed by atoms with Crippen molar-refractivity contribution in [2.45, 2.75) is 25.7 Å². The minimum atomic E-state index is -1.07. The van der Waals surface area contributed by atoms with Crippen LogP contribution >= 0.6 is 0 Å². The van der Waals surface area contributed by atoms with Crippen molar-refractivity contribution in [2.75, 3.05) is 6.61 Å². The highest BCUT2D eigenvalue weighted by Gasteiger charge is 2.59. The van der Waals surface area contributed by atoms with Gasteiger partial charge in [-0.05, 0) is 31.2 Å². The topological polar surface area (TPSA) is 50.1 Å². The molecule has 0 aliphatic heterocycles. The summed E-state index contributed by atoms with van der Waals surface area (Å²) in [6.07, 6.45) is 6.15. The lowest BCUT2D eigenvalue weighted by molar-refractivity contribution is -0.158. The fourth-order valence-electron chi connectivity index (χ4n) is 3.96. The van der Waals surface area contributed by atoms with E-state index in [9.17, 15) is 10.1 Å². The van der Waals surface area contributed by atoms with Gasteiger partial charge in [-0.2, -0.15) is 5.26 Å². The van der Waals surface area contributed by atoms with Gasteiger partial charge in [-0.1, -0.05) is 42.5 Å². The third-order valence-corrected chi connectivity index (χ3v) is 4.86. The van der Waals surface area contributed by atoms with Gasteiger partial charge in [0.05, 0.1) is 12.7 Å². The van der Waals surface area contributed by atoms with E-state index in [1.54, 1.807) is 6.92 Å². The van der Waals surface area contributed by atoms with Crippen molar-refractivity contribution in [1.82, 2.24) is 0 Å². The summed E-state index contributed by atoms with van der Waals surface area (Å²) in [6.45, 7) is 2.10. The Balaban J connectivity index is 2.12.